The van der Waals surface area contributed by atoms with E-state index in [1.54, 1.807) is 18.3 Å². The lowest BCUT2D eigenvalue weighted by atomic mass is 10.2. The van der Waals surface area contributed by atoms with Gasteiger partial charge in [0.1, 0.15) is 6.10 Å². The number of carbonyl (C=O) groups is 2. The van der Waals surface area contributed by atoms with Crippen LogP contribution in [0, 0.1) is 0 Å². The first-order valence-corrected chi connectivity index (χ1v) is 5.31. The molecule has 1 heterocycles. The molecule has 1 aromatic heterocycles. The predicted molar refractivity (Wildman–Crippen MR) is 60.0 cm³/mol. The van der Waals surface area contributed by atoms with E-state index in [2.05, 4.69) is 4.98 Å². The van der Waals surface area contributed by atoms with Gasteiger partial charge in [-0.05, 0) is 12.1 Å². The summed E-state index contributed by atoms with van der Waals surface area (Å²) in [6, 6.07) is 5.35. The van der Waals surface area contributed by atoms with Crippen molar-refractivity contribution in [2.75, 3.05) is 6.61 Å². The smallest absolute Gasteiger partial charge is 0.303 e. The molecule has 0 aliphatic heterocycles. The van der Waals surface area contributed by atoms with Crippen molar-refractivity contribution in [1.82, 2.24) is 4.98 Å². The molecule has 0 saturated carbocycles. The predicted octanol–water partition coefficient (Wildman–Crippen LogP) is 1.64. The third-order valence-corrected chi connectivity index (χ3v) is 2.01. The van der Waals surface area contributed by atoms with Crippen LogP contribution in [-0.2, 0) is 19.1 Å². The zero-order valence-corrected chi connectivity index (χ0v) is 9.88. The van der Waals surface area contributed by atoms with Gasteiger partial charge in [0.2, 0.25) is 0 Å². The molecule has 0 unspecified atom stereocenters. The second-order valence-electron chi connectivity index (χ2n) is 3.48. The largest absolute Gasteiger partial charge is 0.466 e. The average Bonchev–Trinajstić information content (AvgIpc) is 2.28. The van der Waals surface area contributed by atoms with Crippen molar-refractivity contribution in [2.45, 2.75) is 26.4 Å². The van der Waals surface area contributed by atoms with Gasteiger partial charge in [-0.25, -0.2) is 0 Å². The monoisotopic (exact) mass is 237 g/mol. The van der Waals surface area contributed by atoms with Crippen LogP contribution in [0.3, 0.4) is 0 Å². The van der Waals surface area contributed by atoms with E-state index < -0.39 is 6.10 Å². The number of hydrogen-bond acceptors (Lipinski definition) is 5. The van der Waals surface area contributed by atoms with Gasteiger partial charge in [0, 0.05) is 26.5 Å². The SMILES string of the molecule is CC(=O)OCC[C@H](OC(C)=O)c1ccccn1. The standard InChI is InChI=1S/C12H15NO4/c1-9(14)16-8-6-12(17-10(2)15)11-5-3-4-7-13-11/h3-5,7,12H,6,8H2,1-2H3/t12-/m0/s1. The molecule has 5 nitrogen and oxygen atoms in total. The molecule has 0 N–H and O–H groups in total. The number of pyridine rings is 1. The molecule has 1 aromatic rings. The molecule has 0 fully saturated rings. The topological polar surface area (TPSA) is 65.5 Å². The van der Waals surface area contributed by atoms with Crippen LogP contribution in [0.5, 0.6) is 0 Å². The number of carbonyl (C=O) groups excluding carboxylic acids is 2. The van der Waals surface area contributed by atoms with Crippen LogP contribution >= 0.6 is 0 Å². The molecule has 0 aliphatic rings. The van der Waals surface area contributed by atoms with E-state index in [1.807, 2.05) is 6.07 Å². The van der Waals surface area contributed by atoms with E-state index in [9.17, 15) is 9.59 Å². The summed E-state index contributed by atoms with van der Waals surface area (Å²) in [5.74, 6) is -0.740. The zero-order valence-electron chi connectivity index (χ0n) is 9.88. The summed E-state index contributed by atoms with van der Waals surface area (Å²) in [7, 11) is 0. The van der Waals surface area contributed by atoms with Gasteiger partial charge in [0.05, 0.1) is 12.3 Å². The van der Waals surface area contributed by atoms with Crippen molar-refractivity contribution in [1.29, 1.82) is 0 Å². The lowest BCUT2D eigenvalue weighted by molar-refractivity contribution is -0.149. The molecule has 0 amide bonds. The quantitative estimate of drug-likeness (QED) is 0.728. The van der Waals surface area contributed by atoms with E-state index in [0.717, 1.165) is 0 Å². The fourth-order valence-electron chi connectivity index (χ4n) is 1.34. The molecular formula is C12H15NO4. The van der Waals surface area contributed by atoms with Crippen LogP contribution in [0.4, 0.5) is 0 Å². The molecule has 1 atom stereocenters. The Hall–Kier alpha value is -1.91. The van der Waals surface area contributed by atoms with Crippen molar-refractivity contribution >= 4 is 11.9 Å². The summed E-state index contributed by atoms with van der Waals surface area (Å²) in [6.45, 7) is 2.87. The highest BCUT2D eigenvalue weighted by molar-refractivity contribution is 5.66. The third-order valence-electron chi connectivity index (χ3n) is 2.01. The molecule has 0 aliphatic carbocycles. The summed E-state index contributed by atoms with van der Waals surface area (Å²) in [5, 5.41) is 0. The first-order chi connectivity index (χ1) is 8.09. The lowest BCUT2D eigenvalue weighted by Crippen LogP contribution is -2.13. The highest BCUT2D eigenvalue weighted by atomic mass is 16.6. The lowest BCUT2D eigenvalue weighted by Gasteiger charge is -2.16. The maximum atomic E-state index is 11.0. The summed E-state index contributed by atoms with van der Waals surface area (Å²) < 4.78 is 9.94. The van der Waals surface area contributed by atoms with Gasteiger partial charge >= 0.3 is 11.9 Å². The Bertz CT molecular complexity index is 377. The Balaban J connectivity index is 2.61. The summed E-state index contributed by atoms with van der Waals surface area (Å²) in [6.07, 6.45) is 1.54. The van der Waals surface area contributed by atoms with Crippen LogP contribution in [0.25, 0.3) is 0 Å². The Morgan fingerprint density at radius 3 is 2.59 bits per heavy atom. The maximum Gasteiger partial charge on any atom is 0.303 e. The van der Waals surface area contributed by atoms with Gasteiger partial charge in [0.25, 0.3) is 0 Å². The van der Waals surface area contributed by atoms with E-state index >= 15 is 0 Å². The maximum absolute atomic E-state index is 11.0. The number of rotatable bonds is 5. The minimum Gasteiger partial charge on any atom is -0.466 e. The van der Waals surface area contributed by atoms with E-state index in [4.69, 9.17) is 9.47 Å². The van der Waals surface area contributed by atoms with E-state index in [0.29, 0.717) is 12.1 Å². The van der Waals surface area contributed by atoms with Gasteiger partial charge in [-0.15, -0.1) is 0 Å². The highest BCUT2D eigenvalue weighted by Crippen LogP contribution is 2.19. The van der Waals surface area contributed by atoms with Crippen molar-refractivity contribution < 1.29 is 19.1 Å². The van der Waals surface area contributed by atoms with Crippen molar-refractivity contribution in [3.63, 3.8) is 0 Å². The van der Waals surface area contributed by atoms with Gasteiger partial charge in [-0.3, -0.25) is 14.6 Å². The van der Waals surface area contributed by atoms with Crippen molar-refractivity contribution in [3.8, 4) is 0 Å². The highest BCUT2D eigenvalue weighted by Gasteiger charge is 2.16. The number of ether oxygens (including phenoxy) is 2. The van der Waals surface area contributed by atoms with Crippen LogP contribution in [0.1, 0.15) is 32.1 Å². The molecule has 0 bridgehead atoms. The van der Waals surface area contributed by atoms with Gasteiger partial charge in [0.15, 0.2) is 0 Å². The van der Waals surface area contributed by atoms with Crippen LogP contribution < -0.4 is 0 Å². The molecule has 5 heteroatoms. The third kappa shape index (κ3) is 5.10. The first kappa shape index (κ1) is 13.2. The zero-order chi connectivity index (χ0) is 12.7. The van der Waals surface area contributed by atoms with Crippen molar-refractivity contribution in [2.24, 2.45) is 0 Å². The number of hydrogen-bond donors (Lipinski definition) is 0. The number of aromatic nitrogens is 1. The molecule has 17 heavy (non-hydrogen) atoms. The summed E-state index contributed by atoms with van der Waals surface area (Å²) in [5.41, 5.74) is 0.648. The Morgan fingerprint density at radius 2 is 2.06 bits per heavy atom. The second-order valence-corrected chi connectivity index (χ2v) is 3.48. The van der Waals surface area contributed by atoms with Crippen LogP contribution in [-0.4, -0.2) is 23.5 Å². The first-order valence-electron chi connectivity index (χ1n) is 5.31. The van der Waals surface area contributed by atoms with Crippen LogP contribution in [0.2, 0.25) is 0 Å². The fraction of sp³-hybridized carbons (Fsp3) is 0.417. The van der Waals surface area contributed by atoms with E-state index in [1.165, 1.54) is 13.8 Å². The Labute approximate surface area is 99.8 Å². The van der Waals surface area contributed by atoms with Gasteiger partial charge < -0.3 is 9.47 Å². The normalized spacial score (nSPS) is 11.6. The van der Waals surface area contributed by atoms with E-state index in [-0.39, 0.29) is 18.5 Å². The van der Waals surface area contributed by atoms with Gasteiger partial charge in [-0.1, -0.05) is 6.07 Å². The molecular weight excluding hydrogens is 222 g/mol. The van der Waals surface area contributed by atoms with Crippen molar-refractivity contribution in [3.05, 3.63) is 30.1 Å². The molecule has 92 valence electrons. The molecule has 0 saturated heterocycles. The van der Waals surface area contributed by atoms with Gasteiger partial charge in [-0.2, -0.15) is 0 Å². The van der Waals surface area contributed by atoms with Crippen LogP contribution in [0.15, 0.2) is 24.4 Å². The average molecular weight is 237 g/mol. The molecule has 0 aromatic carbocycles. The molecule has 1 rings (SSSR count). The Morgan fingerprint density at radius 1 is 1.29 bits per heavy atom. The number of nitrogens with zero attached hydrogens (tertiary/aromatic N) is 1. The summed E-state index contributed by atoms with van der Waals surface area (Å²) in [4.78, 5) is 25.7. The molecule has 0 spiro atoms. The second kappa shape index (κ2) is 6.62. The minimum absolute atomic E-state index is 0.198. The minimum atomic E-state index is -0.479. The Kier molecular flexibility index (Phi) is 5.13. The number of esters is 2. The fourth-order valence-corrected chi connectivity index (χ4v) is 1.34. The summed E-state index contributed by atoms with van der Waals surface area (Å²) >= 11 is 0. The molecule has 0 radical (unpaired) electrons.